The molecule has 65 heavy (non-hydrogen) atoms. The van der Waals surface area contributed by atoms with E-state index >= 15 is 0 Å². The average Bonchev–Trinajstić information content (AvgIpc) is 3.73. The second-order valence-electron chi connectivity index (χ2n) is 14.5. The van der Waals surface area contributed by atoms with Crippen LogP contribution in [0.2, 0.25) is 0 Å². The molecule has 0 aliphatic rings. The first-order valence-electron chi connectivity index (χ1n) is 20.1. The van der Waals surface area contributed by atoms with Crippen molar-refractivity contribution >= 4 is 77.0 Å². The van der Waals surface area contributed by atoms with E-state index < -0.39 is 121 Å². The molecule has 0 saturated carbocycles. The number of aliphatic hydroxyl groups excluding tert-OH is 1. The number of hydrogen-bond acceptors (Lipinski definition) is 15. The quantitative estimate of drug-likeness (QED) is 0.0181. The summed E-state index contributed by atoms with van der Waals surface area (Å²) >= 11 is 1.32. The van der Waals surface area contributed by atoms with Gasteiger partial charge in [-0.15, -0.1) is 0 Å². The summed E-state index contributed by atoms with van der Waals surface area (Å²) in [5.41, 5.74) is 33.4. The van der Waals surface area contributed by atoms with Gasteiger partial charge in [0.15, 0.2) is 11.9 Å². The predicted octanol–water partition coefficient (Wildman–Crippen LogP) is -6.75. The monoisotopic (exact) mass is 942 g/mol. The van der Waals surface area contributed by atoms with Gasteiger partial charge in [0.1, 0.15) is 36.3 Å². The van der Waals surface area contributed by atoms with Gasteiger partial charge in [0, 0.05) is 37.8 Å². The molecule has 364 valence electrons. The Labute approximate surface area is 377 Å². The van der Waals surface area contributed by atoms with E-state index in [0.29, 0.717) is 11.4 Å². The molecule has 0 aromatic carbocycles. The van der Waals surface area contributed by atoms with Crippen LogP contribution in [0.15, 0.2) is 22.5 Å². The van der Waals surface area contributed by atoms with E-state index in [0.717, 1.165) is 6.92 Å². The lowest BCUT2D eigenvalue weighted by atomic mass is 10.0. The topological polar surface area (TPSA) is 496 Å². The number of hydrogen-bond donors (Lipinski definition) is 16. The van der Waals surface area contributed by atoms with Gasteiger partial charge in [-0.05, 0) is 57.5 Å². The number of carboxylic acid groups (broad SMARTS) is 2. The SMILES string of the molecule is CSCC[C@H](NC(=O)[C@H](CCCN=C(N)N)NC(=O)[C@H](CC(=O)O)NC(=O)[C@@H](NC(=O)[C@H](CCC(N)=O)NC(=O)[C@H](CCCN=C(N)N)NC(=O)[C@@H](N)Cc1cnc[nH]1)[C@@H](C)O)C(=O)O. The number of aromatic nitrogens is 2. The third-order valence-electron chi connectivity index (χ3n) is 9.10. The Hall–Kier alpha value is -6.75. The fourth-order valence-corrected chi connectivity index (χ4v) is 6.19. The predicted molar refractivity (Wildman–Crippen MR) is 235 cm³/mol. The maximum absolute atomic E-state index is 13.7. The van der Waals surface area contributed by atoms with Gasteiger partial charge >= 0.3 is 11.9 Å². The minimum absolute atomic E-state index is 0.0118. The third-order valence-corrected chi connectivity index (χ3v) is 9.74. The van der Waals surface area contributed by atoms with Crippen molar-refractivity contribution in [1.82, 2.24) is 41.9 Å². The zero-order valence-electron chi connectivity index (χ0n) is 36.0. The first-order valence-corrected chi connectivity index (χ1v) is 21.5. The number of aliphatic hydroxyl groups is 1. The number of primary amides is 1. The second kappa shape index (κ2) is 29.6. The first kappa shape index (κ1) is 56.3. The van der Waals surface area contributed by atoms with Gasteiger partial charge in [0.25, 0.3) is 0 Å². The van der Waals surface area contributed by atoms with Crippen molar-refractivity contribution in [2.24, 2.45) is 44.4 Å². The van der Waals surface area contributed by atoms with Crippen LogP contribution < -0.4 is 66.3 Å². The van der Waals surface area contributed by atoms with E-state index in [2.05, 4.69) is 51.9 Å². The van der Waals surface area contributed by atoms with Crippen LogP contribution in [-0.4, -0.2) is 164 Å². The number of guanidine groups is 2. The number of aromatic amines is 1. The zero-order chi connectivity index (χ0) is 49.2. The van der Waals surface area contributed by atoms with Crippen molar-refractivity contribution in [2.75, 3.05) is 25.1 Å². The molecule has 0 bridgehead atoms. The van der Waals surface area contributed by atoms with Crippen LogP contribution in [0.25, 0.3) is 0 Å². The number of carbonyl (C=O) groups excluding carboxylic acids is 7. The first-order chi connectivity index (χ1) is 30.5. The van der Waals surface area contributed by atoms with Gasteiger partial charge in [0.05, 0.1) is 24.9 Å². The molecule has 0 aliphatic carbocycles. The van der Waals surface area contributed by atoms with E-state index in [-0.39, 0.29) is 63.5 Å². The summed E-state index contributed by atoms with van der Waals surface area (Å²) in [6.45, 7) is 1.09. The number of amides is 7. The summed E-state index contributed by atoms with van der Waals surface area (Å²) in [5.74, 6) is -10.4. The number of rotatable bonds is 32. The molecule has 0 aliphatic heterocycles. The van der Waals surface area contributed by atoms with Gasteiger partial charge in [0.2, 0.25) is 41.4 Å². The zero-order valence-corrected chi connectivity index (χ0v) is 36.8. The normalized spacial score (nSPS) is 14.5. The van der Waals surface area contributed by atoms with Crippen LogP contribution in [0.4, 0.5) is 0 Å². The van der Waals surface area contributed by atoms with Gasteiger partial charge < -0.3 is 86.6 Å². The van der Waals surface area contributed by atoms with E-state index in [9.17, 15) is 58.5 Å². The molecule has 1 aromatic rings. The fourth-order valence-electron chi connectivity index (χ4n) is 5.72. The number of nitrogens with two attached hydrogens (primary N) is 6. The van der Waals surface area contributed by atoms with Crippen LogP contribution >= 0.6 is 11.8 Å². The van der Waals surface area contributed by atoms with Crippen LogP contribution in [0.1, 0.15) is 64.0 Å². The lowest BCUT2D eigenvalue weighted by Gasteiger charge is -2.28. The summed E-state index contributed by atoms with van der Waals surface area (Å²) in [5, 5.41) is 43.8. The number of nitrogens with one attached hydrogen (secondary N) is 7. The Bertz CT molecular complexity index is 1830. The number of carbonyl (C=O) groups is 9. The molecule has 0 fully saturated rings. The van der Waals surface area contributed by atoms with Crippen LogP contribution in [0.3, 0.4) is 0 Å². The smallest absolute Gasteiger partial charge is 0.326 e. The van der Waals surface area contributed by atoms with E-state index in [1.165, 1.54) is 24.3 Å². The highest BCUT2D eigenvalue weighted by molar-refractivity contribution is 7.98. The van der Waals surface area contributed by atoms with Crippen molar-refractivity contribution in [3.63, 3.8) is 0 Å². The molecule has 0 radical (unpaired) electrons. The number of aliphatic imine (C=N–C) groups is 2. The van der Waals surface area contributed by atoms with E-state index in [1.54, 1.807) is 6.26 Å². The number of H-pyrrole nitrogens is 1. The van der Waals surface area contributed by atoms with E-state index in [1.807, 2.05) is 0 Å². The fraction of sp³-hybridized carbons (Fsp3) is 0.611. The summed E-state index contributed by atoms with van der Waals surface area (Å²) in [7, 11) is 0. The molecule has 8 atom stereocenters. The largest absolute Gasteiger partial charge is 0.481 e. The maximum Gasteiger partial charge on any atom is 0.326 e. The van der Waals surface area contributed by atoms with Crippen molar-refractivity contribution < 1.29 is 58.5 Å². The Morgan fingerprint density at radius 1 is 0.692 bits per heavy atom. The highest BCUT2D eigenvalue weighted by Gasteiger charge is 2.36. The van der Waals surface area contributed by atoms with E-state index in [4.69, 9.17) is 34.4 Å². The number of nitrogens with zero attached hydrogens (tertiary/aromatic N) is 3. The van der Waals surface area contributed by atoms with Crippen molar-refractivity contribution in [2.45, 2.75) is 113 Å². The van der Waals surface area contributed by atoms with Gasteiger partial charge in [-0.1, -0.05) is 0 Å². The number of aliphatic carboxylic acids is 2. The number of thioether (sulfide) groups is 1. The molecule has 7 amide bonds. The molecule has 1 aromatic heterocycles. The molecule has 0 spiro atoms. The number of imidazole rings is 1. The Balaban J connectivity index is 3.38. The Morgan fingerprint density at radius 3 is 1.62 bits per heavy atom. The molecular weight excluding hydrogens is 881 g/mol. The highest BCUT2D eigenvalue weighted by Crippen LogP contribution is 2.09. The molecule has 28 nitrogen and oxygen atoms in total. The third kappa shape index (κ3) is 23.0. The Morgan fingerprint density at radius 2 is 1.17 bits per heavy atom. The average molecular weight is 943 g/mol. The highest BCUT2D eigenvalue weighted by atomic mass is 32.2. The lowest BCUT2D eigenvalue weighted by molar-refractivity contribution is -0.143. The Kier molecular flexibility index (Phi) is 25.6. The molecule has 0 unspecified atom stereocenters. The second-order valence-corrected chi connectivity index (χ2v) is 15.5. The molecule has 1 rings (SSSR count). The molecule has 0 saturated heterocycles. The molecular formula is C36H62N16O12S. The molecule has 22 N–H and O–H groups in total. The maximum atomic E-state index is 13.7. The van der Waals surface area contributed by atoms with Crippen LogP contribution in [-0.2, 0) is 49.6 Å². The van der Waals surface area contributed by atoms with Crippen molar-refractivity contribution in [3.8, 4) is 0 Å². The van der Waals surface area contributed by atoms with Crippen LogP contribution in [0.5, 0.6) is 0 Å². The summed E-state index contributed by atoms with van der Waals surface area (Å²) in [6, 6.07) is -10.9. The van der Waals surface area contributed by atoms with Crippen molar-refractivity contribution in [1.29, 1.82) is 0 Å². The minimum Gasteiger partial charge on any atom is -0.481 e. The molecule has 1 heterocycles. The summed E-state index contributed by atoms with van der Waals surface area (Å²) < 4.78 is 0. The minimum atomic E-state index is -1.95. The summed E-state index contributed by atoms with van der Waals surface area (Å²) in [4.78, 5) is 131. The van der Waals surface area contributed by atoms with Gasteiger partial charge in [-0.25, -0.2) is 9.78 Å². The summed E-state index contributed by atoms with van der Waals surface area (Å²) in [6.07, 6.45) is 0.774. The van der Waals surface area contributed by atoms with Gasteiger partial charge in [-0.2, -0.15) is 11.8 Å². The molecule has 29 heteroatoms. The van der Waals surface area contributed by atoms with Crippen LogP contribution in [0, 0.1) is 0 Å². The lowest BCUT2D eigenvalue weighted by Crippen LogP contribution is -2.62. The van der Waals surface area contributed by atoms with Crippen molar-refractivity contribution in [3.05, 3.63) is 18.2 Å². The standard InChI is InChI=1S/C36H62N16O12S/c1-17(53)27(33(62)51-24(14-26(55)56)32(61)48-21(6-4-11-45-36(41)42)30(59)50-23(34(63)64)9-12-65-2)52-31(60)22(7-8-25(38)54)49-29(58)20(5-3-10-44-35(39)40)47-28(57)19(37)13-18-15-43-16-46-18/h15-17,19-24,27,53H,3-14,37H2,1-2H3,(H2,38,54)(H,43,46)(H,47,57)(H,48,61)(H,49,58)(H,50,59)(H,51,62)(H,52,60)(H,55,56)(H,63,64)(H4,39,40,44)(H4,41,42,45)/t17-,19+,20+,21+,22+,23+,24+,27+/m1/s1. The van der Waals surface area contributed by atoms with Gasteiger partial charge in [-0.3, -0.25) is 48.3 Å². The number of carboxylic acids is 2.